The van der Waals surface area contributed by atoms with Crippen molar-refractivity contribution in [2.24, 2.45) is 10.7 Å². The van der Waals surface area contributed by atoms with Crippen LogP contribution in [0, 0.1) is 13.8 Å². The van der Waals surface area contributed by atoms with E-state index in [0.29, 0.717) is 18.9 Å². The molecule has 1 amide bonds. The number of aryl methyl sites for hydroxylation is 2. The molecule has 0 bridgehead atoms. The van der Waals surface area contributed by atoms with Crippen LogP contribution < -0.4 is 16.4 Å². The van der Waals surface area contributed by atoms with E-state index in [9.17, 15) is 4.79 Å². The minimum absolute atomic E-state index is 0.0371. The van der Waals surface area contributed by atoms with Crippen molar-refractivity contribution in [3.8, 4) is 0 Å². The summed E-state index contributed by atoms with van der Waals surface area (Å²) in [7, 11) is 0. The molecular formula is C20H26N4O. The zero-order valence-electron chi connectivity index (χ0n) is 15.1. The quantitative estimate of drug-likeness (QED) is 0.551. The van der Waals surface area contributed by atoms with E-state index in [1.807, 2.05) is 43.3 Å². The van der Waals surface area contributed by atoms with Gasteiger partial charge in [0.1, 0.15) is 0 Å². The second-order valence-electron chi connectivity index (χ2n) is 6.12. The molecule has 0 atom stereocenters. The molecule has 0 aliphatic carbocycles. The van der Waals surface area contributed by atoms with Crippen LogP contribution in [0.2, 0.25) is 0 Å². The third kappa shape index (κ3) is 5.95. The topological polar surface area (TPSA) is 79.5 Å². The molecule has 5 heteroatoms. The molecule has 0 saturated carbocycles. The molecule has 2 aromatic carbocycles. The number of amides is 1. The average Bonchev–Trinajstić information content (AvgIpc) is 2.58. The summed E-state index contributed by atoms with van der Waals surface area (Å²) in [5.41, 5.74) is 11.2. The normalized spacial score (nSPS) is 11.2. The number of aliphatic imine (C=N–C) groups is 1. The SMILES string of the molecule is CCCC(=O)Nc1ccc(CN=C(N)Nc2ccc(C)c(C)c2)cc1. The molecular weight excluding hydrogens is 312 g/mol. The largest absolute Gasteiger partial charge is 0.370 e. The Balaban J connectivity index is 1.91. The summed E-state index contributed by atoms with van der Waals surface area (Å²) in [6, 6.07) is 13.7. The lowest BCUT2D eigenvalue weighted by molar-refractivity contribution is -0.116. The first kappa shape index (κ1) is 18.5. The predicted octanol–water partition coefficient (Wildman–Crippen LogP) is 3.97. The van der Waals surface area contributed by atoms with Crippen LogP contribution in [0.25, 0.3) is 0 Å². The van der Waals surface area contributed by atoms with Crippen molar-refractivity contribution in [3.63, 3.8) is 0 Å². The Morgan fingerprint density at radius 2 is 1.68 bits per heavy atom. The number of carbonyl (C=O) groups excluding carboxylic acids is 1. The van der Waals surface area contributed by atoms with Gasteiger partial charge >= 0.3 is 0 Å². The fraction of sp³-hybridized carbons (Fsp3) is 0.300. The Labute approximate surface area is 149 Å². The van der Waals surface area contributed by atoms with E-state index in [1.54, 1.807) is 0 Å². The van der Waals surface area contributed by atoms with Crippen LogP contribution in [-0.4, -0.2) is 11.9 Å². The lowest BCUT2D eigenvalue weighted by atomic mass is 10.1. The molecule has 0 unspecified atom stereocenters. The van der Waals surface area contributed by atoms with Gasteiger partial charge in [-0.05, 0) is 61.2 Å². The first-order chi connectivity index (χ1) is 12.0. The van der Waals surface area contributed by atoms with E-state index in [-0.39, 0.29) is 5.91 Å². The Hall–Kier alpha value is -2.82. The molecule has 0 fully saturated rings. The highest BCUT2D eigenvalue weighted by Gasteiger charge is 2.01. The van der Waals surface area contributed by atoms with E-state index in [0.717, 1.165) is 23.4 Å². The van der Waals surface area contributed by atoms with E-state index < -0.39 is 0 Å². The summed E-state index contributed by atoms with van der Waals surface area (Å²) in [5.74, 6) is 0.415. The van der Waals surface area contributed by atoms with Crippen LogP contribution in [0.3, 0.4) is 0 Å². The maximum absolute atomic E-state index is 11.6. The van der Waals surface area contributed by atoms with Crippen LogP contribution in [0.15, 0.2) is 47.5 Å². The molecule has 132 valence electrons. The summed E-state index contributed by atoms with van der Waals surface area (Å²) < 4.78 is 0. The lowest BCUT2D eigenvalue weighted by Crippen LogP contribution is -2.22. The third-order valence-corrected chi connectivity index (χ3v) is 3.93. The van der Waals surface area contributed by atoms with E-state index >= 15 is 0 Å². The molecule has 2 rings (SSSR count). The molecule has 4 N–H and O–H groups in total. The second-order valence-corrected chi connectivity index (χ2v) is 6.12. The number of hydrogen-bond acceptors (Lipinski definition) is 2. The van der Waals surface area contributed by atoms with Gasteiger partial charge in [0, 0.05) is 17.8 Å². The summed E-state index contributed by atoms with van der Waals surface area (Å²) >= 11 is 0. The highest BCUT2D eigenvalue weighted by atomic mass is 16.1. The first-order valence-electron chi connectivity index (χ1n) is 8.51. The summed E-state index contributed by atoms with van der Waals surface area (Å²) in [6.45, 7) is 6.60. The molecule has 25 heavy (non-hydrogen) atoms. The van der Waals surface area contributed by atoms with Gasteiger partial charge in [0.15, 0.2) is 5.96 Å². The molecule has 0 aromatic heterocycles. The fourth-order valence-corrected chi connectivity index (χ4v) is 2.33. The van der Waals surface area contributed by atoms with Gasteiger partial charge in [0.25, 0.3) is 0 Å². The zero-order chi connectivity index (χ0) is 18.2. The number of hydrogen-bond donors (Lipinski definition) is 3. The molecule has 0 spiro atoms. The van der Waals surface area contributed by atoms with Gasteiger partial charge in [-0.25, -0.2) is 4.99 Å². The van der Waals surface area contributed by atoms with Crippen LogP contribution in [-0.2, 0) is 11.3 Å². The number of rotatable bonds is 6. The van der Waals surface area contributed by atoms with Crippen molar-refractivity contribution >= 4 is 23.2 Å². The average molecular weight is 338 g/mol. The first-order valence-corrected chi connectivity index (χ1v) is 8.51. The number of guanidine groups is 1. The second kappa shape index (κ2) is 8.87. The molecule has 5 nitrogen and oxygen atoms in total. The smallest absolute Gasteiger partial charge is 0.224 e. The van der Waals surface area contributed by atoms with Gasteiger partial charge in [0.2, 0.25) is 5.91 Å². The number of nitrogens with zero attached hydrogens (tertiary/aromatic N) is 1. The highest BCUT2D eigenvalue weighted by Crippen LogP contribution is 2.14. The number of carbonyl (C=O) groups is 1. The monoisotopic (exact) mass is 338 g/mol. The van der Waals surface area contributed by atoms with Crippen molar-refractivity contribution in [1.29, 1.82) is 0 Å². The van der Waals surface area contributed by atoms with Gasteiger partial charge in [-0.2, -0.15) is 0 Å². The van der Waals surface area contributed by atoms with Crippen molar-refractivity contribution in [1.82, 2.24) is 0 Å². The molecule has 0 saturated heterocycles. The van der Waals surface area contributed by atoms with E-state index in [1.165, 1.54) is 11.1 Å². The van der Waals surface area contributed by atoms with Crippen LogP contribution in [0.5, 0.6) is 0 Å². The number of anilines is 2. The third-order valence-electron chi connectivity index (χ3n) is 3.93. The van der Waals surface area contributed by atoms with Crippen LogP contribution >= 0.6 is 0 Å². The highest BCUT2D eigenvalue weighted by molar-refractivity contribution is 5.92. The van der Waals surface area contributed by atoms with Gasteiger partial charge in [0.05, 0.1) is 6.54 Å². The predicted molar refractivity (Wildman–Crippen MR) is 105 cm³/mol. The summed E-state index contributed by atoms with van der Waals surface area (Å²) in [4.78, 5) is 15.9. The van der Waals surface area contributed by atoms with E-state index in [2.05, 4.69) is 35.5 Å². The molecule has 0 radical (unpaired) electrons. The van der Waals surface area contributed by atoms with Crippen molar-refractivity contribution in [3.05, 3.63) is 59.2 Å². The number of nitrogens with two attached hydrogens (primary N) is 1. The summed E-state index contributed by atoms with van der Waals surface area (Å²) in [5, 5.41) is 5.97. The van der Waals surface area contributed by atoms with Crippen molar-refractivity contribution < 1.29 is 4.79 Å². The Morgan fingerprint density at radius 3 is 2.32 bits per heavy atom. The maximum Gasteiger partial charge on any atom is 0.224 e. The van der Waals surface area contributed by atoms with Crippen LogP contribution in [0.4, 0.5) is 11.4 Å². The van der Waals surface area contributed by atoms with Crippen LogP contribution in [0.1, 0.15) is 36.5 Å². The van der Waals surface area contributed by atoms with Gasteiger partial charge in [-0.1, -0.05) is 25.1 Å². The summed E-state index contributed by atoms with van der Waals surface area (Å²) in [6.07, 6.45) is 1.37. The van der Waals surface area contributed by atoms with Gasteiger partial charge in [-0.15, -0.1) is 0 Å². The van der Waals surface area contributed by atoms with Crippen molar-refractivity contribution in [2.75, 3.05) is 10.6 Å². The molecule has 0 aliphatic rings. The number of nitrogens with one attached hydrogen (secondary N) is 2. The Bertz CT molecular complexity index is 751. The zero-order valence-corrected chi connectivity index (χ0v) is 15.1. The van der Waals surface area contributed by atoms with Crippen molar-refractivity contribution in [2.45, 2.75) is 40.2 Å². The standard InChI is InChI=1S/C20H26N4O/c1-4-5-19(25)23-17-10-7-16(8-11-17)13-22-20(21)24-18-9-6-14(2)15(3)12-18/h6-12H,4-5,13H2,1-3H3,(H,23,25)(H3,21,22,24). The van der Waals surface area contributed by atoms with E-state index in [4.69, 9.17) is 5.73 Å². The Kier molecular flexibility index (Phi) is 6.57. The number of benzene rings is 2. The lowest BCUT2D eigenvalue weighted by Gasteiger charge is -2.08. The maximum atomic E-state index is 11.6. The van der Waals surface area contributed by atoms with Gasteiger partial charge < -0.3 is 16.4 Å². The molecule has 0 aliphatic heterocycles. The molecule has 2 aromatic rings. The fourth-order valence-electron chi connectivity index (χ4n) is 2.33. The minimum Gasteiger partial charge on any atom is -0.370 e. The molecule has 0 heterocycles. The minimum atomic E-state index is 0.0371. The Morgan fingerprint density at radius 1 is 1.00 bits per heavy atom. The van der Waals surface area contributed by atoms with Gasteiger partial charge in [-0.3, -0.25) is 4.79 Å².